The summed E-state index contributed by atoms with van der Waals surface area (Å²) in [4.78, 5) is 14.7. The number of hydrogen-bond donors (Lipinski definition) is 1. The Morgan fingerprint density at radius 3 is 2.96 bits per heavy atom. The molecule has 0 aliphatic carbocycles. The molecule has 1 aliphatic rings. The van der Waals surface area contributed by atoms with E-state index in [-0.39, 0.29) is 23.9 Å². The standard InChI is InChI=1S/C20H20F2N4O2/c1-12-8-18(28-25-12)15-11-23-24-20(15)17-4-2-3-7-26(17)19(27)10-13-9-14(21)5-6-16(13)22/h5-6,8-9,11,17H,2-4,7,10H2,1H3,(H,23,24)/t17-/m1/s1. The second kappa shape index (κ2) is 7.53. The summed E-state index contributed by atoms with van der Waals surface area (Å²) < 4.78 is 32.8. The number of aromatic nitrogens is 3. The summed E-state index contributed by atoms with van der Waals surface area (Å²) in [6.07, 6.45) is 4.03. The fraction of sp³-hybridized carbons (Fsp3) is 0.350. The summed E-state index contributed by atoms with van der Waals surface area (Å²) in [6.45, 7) is 2.38. The number of carbonyl (C=O) groups is 1. The van der Waals surface area contributed by atoms with Crippen LogP contribution in [0.5, 0.6) is 0 Å². The smallest absolute Gasteiger partial charge is 0.227 e. The Morgan fingerprint density at radius 1 is 1.32 bits per heavy atom. The first-order chi connectivity index (χ1) is 13.5. The van der Waals surface area contributed by atoms with Gasteiger partial charge in [-0.25, -0.2) is 8.78 Å². The number of H-pyrrole nitrogens is 1. The highest BCUT2D eigenvalue weighted by atomic mass is 19.1. The Kier molecular flexibility index (Phi) is 4.93. The maximum Gasteiger partial charge on any atom is 0.227 e. The fourth-order valence-corrected chi connectivity index (χ4v) is 3.71. The Balaban J connectivity index is 1.61. The third kappa shape index (κ3) is 3.54. The van der Waals surface area contributed by atoms with Gasteiger partial charge in [0.1, 0.15) is 11.6 Å². The predicted molar refractivity (Wildman–Crippen MR) is 97.2 cm³/mol. The van der Waals surface area contributed by atoms with Crippen LogP contribution in [0.2, 0.25) is 0 Å². The first-order valence-corrected chi connectivity index (χ1v) is 9.23. The van der Waals surface area contributed by atoms with Gasteiger partial charge in [0, 0.05) is 18.2 Å². The van der Waals surface area contributed by atoms with E-state index in [4.69, 9.17) is 4.52 Å². The van der Waals surface area contributed by atoms with Crippen molar-refractivity contribution >= 4 is 5.91 Å². The lowest BCUT2D eigenvalue weighted by Crippen LogP contribution is -2.39. The fourth-order valence-electron chi connectivity index (χ4n) is 3.71. The molecule has 3 heterocycles. The number of nitrogens with zero attached hydrogens (tertiary/aromatic N) is 3. The van der Waals surface area contributed by atoms with E-state index in [1.807, 2.05) is 13.0 Å². The lowest BCUT2D eigenvalue weighted by Gasteiger charge is -2.35. The van der Waals surface area contributed by atoms with Crippen LogP contribution < -0.4 is 0 Å². The molecule has 0 spiro atoms. The third-order valence-electron chi connectivity index (χ3n) is 5.07. The molecule has 1 amide bonds. The van der Waals surface area contributed by atoms with Gasteiger partial charge in [-0.05, 0) is 44.4 Å². The zero-order valence-corrected chi connectivity index (χ0v) is 15.4. The highest BCUT2D eigenvalue weighted by molar-refractivity contribution is 5.79. The van der Waals surface area contributed by atoms with Crippen LogP contribution in [0.25, 0.3) is 11.3 Å². The van der Waals surface area contributed by atoms with Crippen LogP contribution in [-0.4, -0.2) is 32.7 Å². The Labute approximate surface area is 160 Å². The number of hydrogen-bond acceptors (Lipinski definition) is 4. The summed E-state index contributed by atoms with van der Waals surface area (Å²) in [7, 11) is 0. The average Bonchev–Trinajstić information content (AvgIpc) is 3.33. The van der Waals surface area contributed by atoms with Gasteiger partial charge >= 0.3 is 0 Å². The molecule has 1 aromatic carbocycles. The Hall–Kier alpha value is -3.03. The molecule has 28 heavy (non-hydrogen) atoms. The number of benzene rings is 1. The van der Waals surface area contributed by atoms with Gasteiger partial charge in [-0.3, -0.25) is 9.89 Å². The zero-order valence-electron chi connectivity index (χ0n) is 15.4. The molecule has 8 heteroatoms. The van der Waals surface area contributed by atoms with Crippen LogP contribution in [0, 0.1) is 18.6 Å². The molecule has 6 nitrogen and oxygen atoms in total. The molecule has 1 aliphatic heterocycles. The minimum Gasteiger partial charge on any atom is -0.356 e. The lowest BCUT2D eigenvalue weighted by molar-refractivity contribution is -0.134. The summed E-state index contributed by atoms with van der Waals surface area (Å²) in [5.41, 5.74) is 2.33. The first-order valence-electron chi connectivity index (χ1n) is 9.23. The number of piperidine rings is 1. The molecule has 2 aromatic heterocycles. The monoisotopic (exact) mass is 386 g/mol. The maximum atomic E-state index is 14.0. The van der Waals surface area contributed by atoms with Gasteiger partial charge in [0.05, 0.1) is 35.6 Å². The van der Waals surface area contributed by atoms with Crippen LogP contribution >= 0.6 is 0 Å². The Bertz CT molecular complexity index is 998. The topological polar surface area (TPSA) is 75.0 Å². The summed E-state index contributed by atoms with van der Waals surface area (Å²) >= 11 is 0. The highest BCUT2D eigenvalue weighted by Gasteiger charge is 2.32. The van der Waals surface area contributed by atoms with Gasteiger partial charge in [0.25, 0.3) is 0 Å². The summed E-state index contributed by atoms with van der Waals surface area (Å²) in [5, 5.41) is 11.0. The Morgan fingerprint density at radius 2 is 2.18 bits per heavy atom. The zero-order chi connectivity index (χ0) is 19.7. The van der Waals surface area contributed by atoms with E-state index in [0.29, 0.717) is 12.3 Å². The van der Waals surface area contributed by atoms with Crippen LogP contribution in [0.3, 0.4) is 0 Å². The molecular formula is C20H20F2N4O2. The number of aromatic amines is 1. The predicted octanol–water partition coefficient (Wildman–Crippen LogP) is 3.95. The van der Waals surface area contributed by atoms with E-state index in [9.17, 15) is 13.6 Å². The molecule has 1 N–H and O–H groups in total. The minimum atomic E-state index is -0.581. The van der Waals surface area contributed by atoms with E-state index < -0.39 is 11.6 Å². The molecule has 1 atom stereocenters. The van der Waals surface area contributed by atoms with Gasteiger partial charge in [-0.2, -0.15) is 5.10 Å². The summed E-state index contributed by atoms with van der Waals surface area (Å²) in [5.74, 6) is -0.808. The molecular weight excluding hydrogens is 366 g/mol. The molecule has 0 radical (unpaired) electrons. The van der Waals surface area contributed by atoms with Crippen molar-refractivity contribution in [2.24, 2.45) is 0 Å². The molecule has 146 valence electrons. The third-order valence-corrected chi connectivity index (χ3v) is 5.07. The van der Waals surface area contributed by atoms with E-state index in [1.54, 1.807) is 11.1 Å². The van der Waals surface area contributed by atoms with Crippen LogP contribution in [0.4, 0.5) is 8.78 Å². The van der Waals surface area contributed by atoms with Gasteiger partial charge < -0.3 is 9.42 Å². The molecule has 0 saturated carbocycles. The van der Waals surface area contributed by atoms with Crippen molar-refractivity contribution in [1.29, 1.82) is 0 Å². The quantitative estimate of drug-likeness (QED) is 0.737. The van der Waals surface area contributed by atoms with E-state index in [0.717, 1.165) is 54.4 Å². The van der Waals surface area contributed by atoms with Crippen molar-refractivity contribution in [3.63, 3.8) is 0 Å². The summed E-state index contributed by atoms with van der Waals surface area (Å²) in [6, 6.07) is 4.74. The largest absolute Gasteiger partial charge is 0.356 e. The van der Waals surface area contributed by atoms with Gasteiger partial charge in [-0.1, -0.05) is 5.16 Å². The minimum absolute atomic E-state index is 0.0602. The number of aryl methyl sites for hydroxylation is 1. The average molecular weight is 386 g/mol. The highest BCUT2D eigenvalue weighted by Crippen LogP contribution is 2.36. The molecule has 4 rings (SSSR count). The molecule has 0 bridgehead atoms. The van der Waals surface area contributed by atoms with Crippen molar-refractivity contribution in [3.8, 4) is 11.3 Å². The normalized spacial score (nSPS) is 17.1. The second-order valence-electron chi connectivity index (χ2n) is 7.04. The number of rotatable bonds is 4. The maximum absolute atomic E-state index is 14.0. The van der Waals surface area contributed by atoms with E-state index >= 15 is 0 Å². The van der Waals surface area contributed by atoms with E-state index in [1.165, 1.54) is 0 Å². The number of likely N-dealkylation sites (tertiary alicyclic amines) is 1. The van der Waals surface area contributed by atoms with Crippen LogP contribution in [0.15, 0.2) is 35.0 Å². The second-order valence-corrected chi connectivity index (χ2v) is 7.04. The lowest BCUT2D eigenvalue weighted by atomic mass is 9.95. The molecule has 3 aromatic rings. The first kappa shape index (κ1) is 18.3. The SMILES string of the molecule is Cc1cc(-c2cn[nH]c2[C@H]2CCCCN2C(=O)Cc2cc(F)ccc2F)on1. The van der Waals surface area contributed by atoms with Crippen LogP contribution in [0.1, 0.15) is 42.3 Å². The molecule has 1 saturated heterocycles. The van der Waals surface area contributed by atoms with Crippen molar-refractivity contribution in [2.45, 2.75) is 38.6 Å². The van der Waals surface area contributed by atoms with Crippen molar-refractivity contribution in [1.82, 2.24) is 20.3 Å². The van der Waals surface area contributed by atoms with Gasteiger partial charge in [0.2, 0.25) is 5.91 Å². The van der Waals surface area contributed by atoms with Gasteiger partial charge in [-0.15, -0.1) is 0 Å². The van der Waals surface area contributed by atoms with Crippen molar-refractivity contribution in [2.75, 3.05) is 6.54 Å². The van der Waals surface area contributed by atoms with Crippen LogP contribution in [-0.2, 0) is 11.2 Å². The number of nitrogens with one attached hydrogen (secondary N) is 1. The van der Waals surface area contributed by atoms with Crippen molar-refractivity contribution in [3.05, 3.63) is 59.0 Å². The number of halogens is 2. The van der Waals surface area contributed by atoms with Crippen molar-refractivity contribution < 1.29 is 18.1 Å². The number of amides is 1. The number of carbonyl (C=O) groups excluding carboxylic acids is 1. The molecule has 0 unspecified atom stereocenters. The van der Waals surface area contributed by atoms with E-state index in [2.05, 4.69) is 15.4 Å². The molecule has 1 fully saturated rings. The van der Waals surface area contributed by atoms with Gasteiger partial charge in [0.15, 0.2) is 5.76 Å².